The second-order valence-electron chi connectivity index (χ2n) is 5.94. The Labute approximate surface area is 131 Å². The lowest BCUT2D eigenvalue weighted by molar-refractivity contribution is 0.228. The predicted molar refractivity (Wildman–Crippen MR) is 93.3 cm³/mol. The maximum Gasteiger partial charge on any atom is 0.167 e. The van der Waals surface area contributed by atoms with Crippen LogP contribution in [0, 0.1) is 5.41 Å². The summed E-state index contributed by atoms with van der Waals surface area (Å²) in [7, 11) is 0. The molecule has 0 fully saturated rings. The Morgan fingerprint density at radius 1 is 1.16 bits per heavy atom. The SMILES string of the molecule is CCCCC(C)(CCC)CCC1N=C(C)NC(I)=N1. The number of aliphatic imine (C=N–C) groups is 2. The first-order valence-corrected chi connectivity index (χ1v) is 8.61. The summed E-state index contributed by atoms with van der Waals surface area (Å²) in [5, 5.41) is 3.15. The van der Waals surface area contributed by atoms with Gasteiger partial charge in [0.25, 0.3) is 0 Å². The Bertz CT molecular complexity index is 320. The number of nitrogens with one attached hydrogen (secondary N) is 1. The van der Waals surface area contributed by atoms with Crippen molar-refractivity contribution < 1.29 is 0 Å². The molecule has 1 heterocycles. The Hall–Kier alpha value is -0.130. The van der Waals surface area contributed by atoms with E-state index in [1.165, 1.54) is 38.5 Å². The molecular weight excluding hydrogens is 349 g/mol. The molecule has 110 valence electrons. The Balaban J connectivity index is 2.53. The van der Waals surface area contributed by atoms with Gasteiger partial charge in [-0.2, -0.15) is 0 Å². The average Bonchev–Trinajstić information content (AvgIpc) is 2.34. The molecule has 4 heteroatoms. The summed E-state index contributed by atoms with van der Waals surface area (Å²) < 4.78 is 0.973. The molecule has 0 aromatic heterocycles. The van der Waals surface area contributed by atoms with Gasteiger partial charge in [-0.1, -0.05) is 40.0 Å². The molecule has 1 aliphatic rings. The van der Waals surface area contributed by atoms with E-state index in [1.807, 2.05) is 6.92 Å². The minimum atomic E-state index is 0.131. The number of rotatable bonds is 8. The zero-order chi connectivity index (χ0) is 14.3. The highest BCUT2D eigenvalue weighted by atomic mass is 127. The van der Waals surface area contributed by atoms with Crippen LogP contribution in [0.2, 0.25) is 0 Å². The van der Waals surface area contributed by atoms with E-state index in [0.29, 0.717) is 5.41 Å². The zero-order valence-corrected chi connectivity index (χ0v) is 15.0. The first-order chi connectivity index (χ1) is 8.99. The van der Waals surface area contributed by atoms with Crippen LogP contribution in [-0.4, -0.2) is 15.8 Å². The number of nitrogens with zero attached hydrogens (tertiary/aromatic N) is 2. The number of unbranched alkanes of at least 4 members (excludes halogenated alkanes) is 1. The van der Waals surface area contributed by atoms with Crippen LogP contribution in [0.15, 0.2) is 9.98 Å². The van der Waals surface area contributed by atoms with Crippen LogP contribution in [0.1, 0.15) is 72.6 Å². The summed E-state index contributed by atoms with van der Waals surface area (Å²) in [5.41, 5.74) is 0.472. The maximum absolute atomic E-state index is 4.59. The maximum atomic E-state index is 4.59. The lowest BCUT2D eigenvalue weighted by atomic mass is 9.77. The van der Waals surface area contributed by atoms with Gasteiger partial charge < -0.3 is 5.32 Å². The predicted octanol–water partition coefficient (Wildman–Crippen LogP) is 4.90. The molecule has 0 saturated heterocycles. The summed E-state index contributed by atoms with van der Waals surface area (Å²) in [5.74, 6) is 0.996. The van der Waals surface area contributed by atoms with Gasteiger partial charge >= 0.3 is 0 Å². The summed E-state index contributed by atoms with van der Waals surface area (Å²) >= 11 is 2.25. The van der Waals surface area contributed by atoms with Crippen molar-refractivity contribution in [1.29, 1.82) is 0 Å². The van der Waals surface area contributed by atoms with Crippen molar-refractivity contribution in [2.24, 2.45) is 15.4 Å². The molecule has 2 atom stereocenters. The molecular formula is C15H28IN3. The molecule has 1 N–H and O–H groups in total. The number of amidine groups is 2. The molecule has 1 rings (SSSR count). The highest BCUT2D eigenvalue weighted by Gasteiger charge is 2.24. The van der Waals surface area contributed by atoms with Gasteiger partial charge in [0.15, 0.2) is 3.84 Å². The second kappa shape index (κ2) is 8.22. The van der Waals surface area contributed by atoms with E-state index < -0.39 is 0 Å². The third-order valence-corrected chi connectivity index (χ3v) is 4.43. The van der Waals surface area contributed by atoms with Crippen LogP contribution in [0.5, 0.6) is 0 Å². The molecule has 0 radical (unpaired) electrons. The van der Waals surface area contributed by atoms with Gasteiger partial charge in [-0.05, 0) is 60.6 Å². The fourth-order valence-corrected chi connectivity index (χ4v) is 3.50. The molecule has 2 unspecified atom stereocenters. The zero-order valence-electron chi connectivity index (χ0n) is 12.8. The Morgan fingerprint density at radius 2 is 1.89 bits per heavy atom. The van der Waals surface area contributed by atoms with E-state index in [0.717, 1.165) is 16.1 Å². The first kappa shape index (κ1) is 16.9. The van der Waals surface area contributed by atoms with Crippen LogP contribution in [0.3, 0.4) is 0 Å². The molecule has 0 spiro atoms. The van der Waals surface area contributed by atoms with Crippen LogP contribution in [-0.2, 0) is 0 Å². The van der Waals surface area contributed by atoms with E-state index in [9.17, 15) is 0 Å². The van der Waals surface area contributed by atoms with Crippen molar-refractivity contribution in [2.75, 3.05) is 0 Å². The Kier molecular flexibility index (Phi) is 7.32. The summed E-state index contributed by atoms with van der Waals surface area (Å²) in [6, 6.07) is 0. The molecule has 0 aliphatic carbocycles. The highest BCUT2D eigenvalue weighted by Crippen LogP contribution is 2.35. The van der Waals surface area contributed by atoms with Crippen LogP contribution in [0.4, 0.5) is 0 Å². The van der Waals surface area contributed by atoms with E-state index in [-0.39, 0.29) is 6.17 Å². The summed E-state index contributed by atoms with van der Waals surface area (Å²) in [6.07, 6.45) is 9.00. The largest absolute Gasteiger partial charge is 0.324 e. The monoisotopic (exact) mass is 377 g/mol. The molecule has 19 heavy (non-hydrogen) atoms. The topological polar surface area (TPSA) is 36.8 Å². The number of hydrogen-bond acceptors (Lipinski definition) is 3. The number of hydrogen-bond donors (Lipinski definition) is 1. The molecule has 3 nitrogen and oxygen atoms in total. The standard InChI is InChI=1S/C15H28IN3/c1-5-7-10-15(4,9-6-2)11-8-13-17-12(3)18-14(16)19-13/h13H,5-11H2,1-4H3,(H,17,18,19). The van der Waals surface area contributed by atoms with Crippen molar-refractivity contribution in [1.82, 2.24) is 5.32 Å². The smallest absolute Gasteiger partial charge is 0.167 e. The van der Waals surface area contributed by atoms with Crippen molar-refractivity contribution in [2.45, 2.75) is 78.8 Å². The molecule has 0 aromatic carbocycles. The van der Waals surface area contributed by atoms with Gasteiger partial charge in [0.2, 0.25) is 0 Å². The van der Waals surface area contributed by atoms with Gasteiger partial charge in [-0.25, -0.2) is 9.98 Å². The first-order valence-electron chi connectivity index (χ1n) is 7.54. The van der Waals surface area contributed by atoms with Gasteiger partial charge in [0.1, 0.15) is 12.0 Å². The van der Waals surface area contributed by atoms with Crippen molar-refractivity contribution >= 4 is 32.3 Å². The third kappa shape index (κ3) is 6.23. The van der Waals surface area contributed by atoms with Crippen molar-refractivity contribution in [3.63, 3.8) is 0 Å². The highest BCUT2D eigenvalue weighted by molar-refractivity contribution is 14.1. The van der Waals surface area contributed by atoms with Crippen molar-refractivity contribution in [3.8, 4) is 0 Å². The second-order valence-corrected chi connectivity index (χ2v) is 6.96. The summed E-state index contributed by atoms with van der Waals surface area (Å²) in [4.78, 5) is 9.17. The minimum absolute atomic E-state index is 0.131. The van der Waals surface area contributed by atoms with Crippen LogP contribution in [0.25, 0.3) is 0 Å². The average molecular weight is 377 g/mol. The molecule has 1 aliphatic heterocycles. The quantitative estimate of drug-likeness (QED) is 0.474. The lowest BCUT2D eigenvalue weighted by Gasteiger charge is -2.30. The van der Waals surface area contributed by atoms with Gasteiger partial charge in [-0.15, -0.1) is 0 Å². The molecule has 0 saturated carbocycles. The molecule has 0 bridgehead atoms. The minimum Gasteiger partial charge on any atom is -0.324 e. The van der Waals surface area contributed by atoms with Gasteiger partial charge in [-0.3, -0.25) is 0 Å². The van der Waals surface area contributed by atoms with E-state index >= 15 is 0 Å². The fraction of sp³-hybridized carbons (Fsp3) is 0.867. The number of halogens is 1. The summed E-state index contributed by atoms with van der Waals surface area (Å²) in [6.45, 7) is 9.03. The van der Waals surface area contributed by atoms with E-state index in [2.05, 4.69) is 58.7 Å². The van der Waals surface area contributed by atoms with Crippen LogP contribution < -0.4 is 5.32 Å². The van der Waals surface area contributed by atoms with Crippen molar-refractivity contribution in [3.05, 3.63) is 0 Å². The molecule has 0 amide bonds. The lowest BCUT2D eigenvalue weighted by Crippen LogP contribution is -2.31. The Morgan fingerprint density at radius 3 is 2.47 bits per heavy atom. The van der Waals surface area contributed by atoms with Crippen LogP contribution >= 0.6 is 22.6 Å². The molecule has 0 aromatic rings. The van der Waals surface area contributed by atoms with E-state index in [4.69, 9.17) is 0 Å². The fourth-order valence-electron chi connectivity index (χ4n) is 2.79. The van der Waals surface area contributed by atoms with Gasteiger partial charge in [0.05, 0.1) is 0 Å². The van der Waals surface area contributed by atoms with Gasteiger partial charge in [0, 0.05) is 0 Å². The normalized spacial score (nSPS) is 22.3. The third-order valence-electron chi connectivity index (χ3n) is 3.88. The van der Waals surface area contributed by atoms with E-state index in [1.54, 1.807) is 0 Å².